The summed E-state index contributed by atoms with van der Waals surface area (Å²) in [5, 5.41) is 3.11. The van der Waals surface area contributed by atoms with E-state index in [2.05, 4.69) is 44.5 Å². The maximum atomic E-state index is 12.8. The first-order valence-corrected chi connectivity index (χ1v) is 12.7. The number of unbranched alkanes of at least 4 members (excludes halogenated alkanes) is 1. The highest BCUT2D eigenvalue weighted by molar-refractivity contribution is 9.10. The predicted molar refractivity (Wildman–Crippen MR) is 145 cm³/mol. The van der Waals surface area contributed by atoms with Crippen LogP contribution < -0.4 is 10.1 Å². The zero-order valence-electron chi connectivity index (χ0n) is 19.9. The zero-order valence-corrected chi connectivity index (χ0v) is 21.5. The smallest absolute Gasteiger partial charge is 0.251 e. The maximum Gasteiger partial charge on any atom is 0.251 e. The molecule has 1 aromatic heterocycles. The fourth-order valence-electron chi connectivity index (χ4n) is 4.16. The third-order valence-corrected chi connectivity index (χ3v) is 6.37. The summed E-state index contributed by atoms with van der Waals surface area (Å²) in [5.41, 5.74) is 3.77. The van der Waals surface area contributed by atoms with Crippen LogP contribution >= 0.6 is 15.9 Å². The van der Waals surface area contributed by atoms with Gasteiger partial charge in [0.25, 0.3) is 5.91 Å². The number of halogens is 1. The van der Waals surface area contributed by atoms with Gasteiger partial charge in [-0.2, -0.15) is 0 Å². The van der Waals surface area contributed by atoms with Gasteiger partial charge in [0.1, 0.15) is 11.6 Å². The minimum absolute atomic E-state index is 0.121. The second-order valence-electron chi connectivity index (χ2n) is 8.47. The predicted octanol–water partition coefficient (Wildman–Crippen LogP) is 6.88. The number of nitrogens with zero attached hydrogens (tertiary/aromatic N) is 2. The van der Waals surface area contributed by atoms with E-state index in [4.69, 9.17) is 9.72 Å². The number of aromatic nitrogens is 2. The van der Waals surface area contributed by atoms with Crippen molar-refractivity contribution in [2.45, 2.75) is 38.8 Å². The van der Waals surface area contributed by atoms with Gasteiger partial charge in [-0.15, -0.1) is 6.58 Å². The van der Waals surface area contributed by atoms with E-state index in [1.807, 2.05) is 73.7 Å². The van der Waals surface area contributed by atoms with E-state index in [0.29, 0.717) is 12.2 Å². The van der Waals surface area contributed by atoms with Gasteiger partial charge in [0, 0.05) is 16.6 Å². The molecular formula is C29H30BrN3O2. The summed E-state index contributed by atoms with van der Waals surface area (Å²) in [4.78, 5) is 17.7. The van der Waals surface area contributed by atoms with Gasteiger partial charge in [0.05, 0.1) is 23.7 Å². The van der Waals surface area contributed by atoms with Gasteiger partial charge in [-0.05, 0) is 68.1 Å². The number of ether oxygens (including phenoxy) is 1. The Morgan fingerprint density at radius 3 is 2.74 bits per heavy atom. The van der Waals surface area contributed by atoms with E-state index in [-0.39, 0.29) is 11.9 Å². The van der Waals surface area contributed by atoms with Crippen LogP contribution in [-0.4, -0.2) is 22.1 Å². The molecule has 35 heavy (non-hydrogen) atoms. The minimum Gasteiger partial charge on any atom is -0.493 e. The van der Waals surface area contributed by atoms with Crippen LogP contribution in [0.5, 0.6) is 5.75 Å². The van der Waals surface area contributed by atoms with Gasteiger partial charge in [0.2, 0.25) is 0 Å². The molecule has 1 atom stereocenters. The van der Waals surface area contributed by atoms with Crippen LogP contribution in [0.3, 0.4) is 0 Å². The lowest BCUT2D eigenvalue weighted by atomic mass is 10.1. The molecule has 4 aromatic rings. The van der Waals surface area contributed by atoms with E-state index in [9.17, 15) is 4.79 Å². The lowest BCUT2D eigenvalue weighted by Gasteiger charge is -2.17. The zero-order chi connectivity index (χ0) is 24.6. The van der Waals surface area contributed by atoms with Crippen LogP contribution in [0.4, 0.5) is 0 Å². The number of para-hydroxylation sites is 3. The summed E-state index contributed by atoms with van der Waals surface area (Å²) in [7, 11) is 0. The van der Waals surface area contributed by atoms with Crippen molar-refractivity contribution in [3.05, 3.63) is 107 Å². The lowest BCUT2D eigenvalue weighted by Crippen LogP contribution is -2.28. The van der Waals surface area contributed by atoms with Crippen LogP contribution in [0.25, 0.3) is 11.0 Å². The summed E-state index contributed by atoms with van der Waals surface area (Å²) in [6.45, 7) is 7.25. The molecule has 0 saturated carbocycles. The molecule has 0 aliphatic heterocycles. The number of allylic oxidation sites excluding steroid dienone is 1. The number of carbonyl (C=O) groups excluding carboxylic acids is 1. The maximum absolute atomic E-state index is 12.8. The number of benzene rings is 3. The molecule has 1 N–H and O–H groups in total. The minimum atomic E-state index is -0.240. The third-order valence-electron chi connectivity index (χ3n) is 5.88. The largest absolute Gasteiger partial charge is 0.493 e. The van der Waals surface area contributed by atoms with Crippen molar-refractivity contribution in [2.75, 3.05) is 6.61 Å². The van der Waals surface area contributed by atoms with Crippen molar-refractivity contribution >= 4 is 32.9 Å². The molecule has 3 aromatic carbocycles. The Bertz CT molecular complexity index is 1310. The highest BCUT2D eigenvalue weighted by atomic mass is 79.9. The van der Waals surface area contributed by atoms with Crippen LogP contribution in [0.15, 0.2) is 89.9 Å². The molecule has 1 heterocycles. The lowest BCUT2D eigenvalue weighted by molar-refractivity contribution is 0.0937. The Hall–Kier alpha value is -3.38. The van der Waals surface area contributed by atoms with Crippen molar-refractivity contribution in [1.82, 2.24) is 14.9 Å². The molecule has 0 aliphatic rings. The number of aryl methyl sites for hydroxylation is 1. The SMILES string of the molecule is C=CCc1ccccc1OCCCCn1c(C(C)NC(=O)c2cccc(Br)c2)nc2ccccc21. The molecule has 0 saturated heterocycles. The average molecular weight is 532 g/mol. The first-order valence-electron chi connectivity index (χ1n) is 11.9. The summed E-state index contributed by atoms with van der Waals surface area (Å²) in [6.07, 6.45) is 4.53. The summed E-state index contributed by atoms with van der Waals surface area (Å²) in [5.74, 6) is 1.65. The van der Waals surface area contributed by atoms with Gasteiger partial charge in [-0.1, -0.05) is 58.4 Å². The highest BCUT2D eigenvalue weighted by Gasteiger charge is 2.19. The average Bonchev–Trinajstić information content (AvgIpc) is 3.24. The molecule has 6 heteroatoms. The number of nitrogens with one attached hydrogen (secondary N) is 1. The standard InChI is InChI=1S/C29H30BrN3O2/c1-3-11-22-12-4-7-17-27(22)35-19-9-8-18-33-26-16-6-5-15-25(26)32-28(33)21(2)31-29(34)23-13-10-14-24(30)20-23/h3-7,10,12-17,20-21H,1,8-9,11,18-19H2,2H3,(H,31,34). The van der Waals surface area contributed by atoms with Crippen molar-refractivity contribution in [3.8, 4) is 5.75 Å². The van der Waals surface area contributed by atoms with Gasteiger partial charge in [-0.25, -0.2) is 4.98 Å². The molecule has 4 rings (SSSR count). The molecule has 0 aliphatic carbocycles. The third kappa shape index (κ3) is 6.20. The van der Waals surface area contributed by atoms with Gasteiger partial charge in [0.15, 0.2) is 0 Å². The fourth-order valence-corrected chi connectivity index (χ4v) is 4.56. The monoisotopic (exact) mass is 531 g/mol. The number of fused-ring (bicyclic) bond motifs is 1. The Kier molecular flexibility index (Phi) is 8.37. The van der Waals surface area contributed by atoms with Crippen molar-refractivity contribution in [3.63, 3.8) is 0 Å². The Morgan fingerprint density at radius 1 is 1.11 bits per heavy atom. The molecule has 1 unspecified atom stereocenters. The molecule has 180 valence electrons. The van der Waals surface area contributed by atoms with Gasteiger partial charge < -0.3 is 14.6 Å². The van der Waals surface area contributed by atoms with E-state index < -0.39 is 0 Å². The fraction of sp³-hybridized carbons (Fsp3) is 0.241. The van der Waals surface area contributed by atoms with E-state index >= 15 is 0 Å². The second kappa shape index (κ2) is 11.8. The molecule has 0 spiro atoms. The number of amides is 1. The topological polar surface area (TPSA) is 56.1 Å². The normalized spacial score (nSPS) is 11.8. The van der Waals surface area contributed by atoms with E-state index in [1.165, 1.54) is 0 Å². The quantitative estimate of drug-likeness (QED) is 0.169. The molecule has 5 nitrogen and oxygen atoms in total. The van der Waals surface area contributed by atoms with Gasteiger partial charge >= 0.3 is 0 Å². The van der Waals surface area contributed by atoms with Crippen molar-refractivity contribution < 1.29 is 9.53 Å². The number of imidazole rings is 1. The highest BCUT2D eigenvalue weighted by Crippen LogP contribution is 2.23. The Balaban J connectivity index is 1.42. The van der Waals surface area contributed by atoms with E-state index in [0.717, 1.165) is 58.5 Å². The number of hydrogen-bond acceptors (Lipinski definition) is 3. The summed E-state index contributed by atoms with van der Waals surface area (Å²) >= 11 is 3.43. The van der Waals surface area contributed by atoms with Crippen LogP contribution in [0.2, 0.25) is 0 Å². The molecule has 0 fully saturated rings. The van der Waals surface area contributed by atoms with Crippen LogP contribution in [0, 0.1) is 0 Å². The van der Waals surface area contributed by atoms with Crippen LogP contribution in [-0.2, 0) is 13.0 Å². The van der Waals surface area contributed by atoms with Crippen LogP contribution in [0.1, 0.15) is 47.6 Å². The van der Waals surface area contributed by atoms with Crippen molar-refractivity contribution in [2.24, 2.45) is 0 Å². The van der Waals surface area contributed by atoms with Crippen molar-refractivity contribution in [1.29, 1.82) is 0 Å². The first kappa shape index (κ1) is 24.7. The van der Waals surface area contributed by atoms with E-state index in [1.54, 1.807) is 0 Å². The molecule has 1 amide bonds. The number of rotatable bonds is 11. The first-order chi connectivity index (χ1) is 17.1. The Morgan fingerprint density at radius 2 is 1.91 bits per heavy atom. The summed E-state index contributed by atoms with van der Waals surface area (Å²) in [6, 6.07) is 23.4. The van der Waals surface area contributed by atoms with Gasteiger partial charge in [-0.3, -0.25) is 4.79 Å². The number of carbonyl (C=O) groups is 1. The molecular weight excluding hydrogens is 502 g/mol. The summed E-state index contributed by atoms with van der Waals surface area (Å²) < 4.78 is 9.14. The number of hydrogen-bond donors (Lipinski definition) is 1. The molecule has 0 bridgehead atoms. The Labute approximate surface area is 215 Å². The second-order valence-corrected chi connectivity index (χ2v) is 9.39. The molecule has 0 radical (unpaired) electrons.